The molecule has 0 saturated carbocycles. The van der Waals surface area contributed by atoms with Crippen LogP contribution in [0.2, 0.25) is 0 Å². The predicted molar refractivity (Wildman–Crippen MR) is 65.5 cm³/mol. The Hall–Kier alpha value is -1.55. The molecule has 0 radical (unpaired) electrons. The second-order valence-electron chi connectivity index (χ2n) is 5.11. The molecule has 2 rings (SSSR count). The lowest BCUT2D eigenvalue weighted by Crippen LogP contribution is -2.33. The molecule has 0 saturated heterocycles. The van der Waals surface area contributed by atoms with Gasteiger partial charge < -0.3 is 10.2 Å². The summed E-state index contributed by atoms with van der Waals surface area (Å²) < 4.78 is 5.34. The van der Waals surface area contributed by atoms with Crippen molar-refractivity contribution in [1.29, 1.82) is 0 Å². The summed E-state index contributed by atoms with van der Waals surface area (Å²) in [5, 5.41) is 0. The molecule has 2 N–H and O–H groups in total. The van der Waals surface area contributed by atoms with Crippen LogP contribution in [0.15, 0.2) is 24.3 Å². The summed E-state index contributed by atoms with van der Waals surface area (Å²) in [7, 11) is 0. The molecule has 4 nitrogen and oxygen atoms in total. The molecule has 1 aliphatic heterocycles. The molecule has 1 aromatic rings. The van der Waals surface area contributed by atoms with Crippen molar-refractivity contribution in [3.05, 3.63) is 35.4 Å². The van der Waals surface area contributed by atoms with Gasteiger partial charge in [0.25, 0.3) is 0 Å². The number of fused-ring (bicyclic) bond motifs is 1. The highest BCUT2D eigenvalue weighted by molar-refractivity contribution is 5.69. The standard InChI is InChI=1S/C13H17NO2.H2O/c1-13(2,3)16-12(15)14-8-10-6-4-5-7-11(10)9-14;/h4-7H,8-9H2,1-3H3;1H2. The Bertz CT molecular complexity index is 384. The molecule has 0 aliphatic carbocycles. The van der Waals surface area contributed by atoms with Gasteiger partial charge in [0.2, 0.25) is 0 Å². The van der Waals surface area contributed by atoms with Gasteiger partial charge in [-0.25, -0.2) is 4.79 Å². The molecule has 4 heteroatoms. The van der Waals surface area contributed by atoms with Crippen molar-refractivity contribution in [3.8, 4) is 0 Å². The third-order valence-electron chi connectivity index (χ3n) is 2.49. The van der Waals surface area contributed by atoms with Crippen molar-refractivity contribution in [2.24, 2.45) is 0 Å². The highest BCUT2D eigenvalue weighted by Gasteiger charge is 2.27. The van der Waals surface area contributed by atoms with Gasteiger partial charge in [0, 0.05) is 13.1 Å². The Labute approximate surface area is 101 Å². The number of carbonyl (C=O) groups is 1. The minimum Gasteiger partial charge on any atom is -0.444 e. The summed E-state index contributed by atoms with van der Waals surface area (Å²) in [5.74, 6) is 0. The third kappa shape index (κ3) is 3.20. The number of amides is 1. The van der Waals surface area contributed by atoms with Crippen LogP contribution in [-0.2, 0) is 17.8 Å². The van der Waals surface area contributed by atoms with Gasteiger partial charge >= 0.3 is 6.09 Å². The van der Waals surface area contributed by atoms with E-state index >= 15 is 0 Å². The van der Waals surface area contributed by atoms with Crippen molar-refractivity contribution >= 4 is 6.09 Å². The first kappa shape index (κ1) is 13.5. The quantitative estimate of drug-likeness (QED) is 0.693. The van der Waals surface area contributed by atoms with E-state index in [1.165, 1.54) is 11.1 Å². The lowest BCUT2D eigenvalue weighted by atomic mass is 10.1. The number of ether oxygens (including phenoxy) is 1. The van der Waals surface area contributed by atoms with Gasteiger partial charge in [0.1, 0.15) is 5.60 Å². The average Bonchev–Trinajstić information content (AvgIpc) is 2.58. The maximum atomic E-state index is 11.8. The average molecular weight is 237 g/mol. The van der Waals surface area contributed by atoms with E-state index in [0.29, 0.717) is 13.1 Å². The normalized spacial score (nSPS) is 13.9. The number of hydrogen-bond acceptors (Lipinski definition) is 2. The van der Waals surface area contributed by atoms with Crippen LogP contribution in [0, 0.1) is 0 Å². The summed E-state index contributed by atoms with van der Waals surface area (Å²) in [6, 6.07) is 8.11. The molecule has 1 aromatic carbocycles. The molecule has 0 fully saturated rings. The van der Waals surface area contributed by atoms with Gasteiger partial charge in [0.05, 0.1) is 0 Å². The van der Waals surface area contributed by atoms with E-state index < -0.39 is 5.60 Å². The van der Waals surface area contributed by atoms with Crippen LogP contribution in [0.25, 0.3) is 0 Å². The second-order valence-corrected chi connectivity index (χ2v) is 5.11. The summed E-state index contributed by atoms with van der Waals surface area (Å²) in [4.78, 5) is 13.6. The Morgan fingerprint density at radius 2 is 1.65 bits per heavy atom. The van der Waals surface area contributed by atoms with Gasteiger partial charge in [0.15, 0.2) is 0 Å². The zero-order chi connectivity index (χ0) is 11.8. The molecule has 1 aliphatic rings. The molecule has 0 spiro atoms. The summed E-state index contributed by atoms with van der Waals surface area (Å²) in [6.07, 6.45) is -0.233. The molecular formula is C13H19NO3. The van der Waals surface area contributed by atoms with Gasteiger partial charge in [-0.05, 0) is 31.9 Å². The van der Waals surface area contributed by atoms with E-state index in [9.17, 15) is 4.79 Å². The van der Waals surface area contributed by atoms with E-state index in [1.807, 2.05) is 32.9 Å². The lowest BCUT2D eigenvalue weighted by Gasteiger charge is -2.24. The van der Waals surface area contributed by atoms with Gasteiger partial charge in [-0.1, -0.05) is 24.3 Å². The summed E-state index contributed by atoms with van der Waals surface area (Å²) in [5.41, 5.74) is 2.01. The van der Waals surface area contributed by atoms with E-state index in [2.05, 4.69) is 12.1 Å². The monoisotopic (exact) mass is 237 g/mol. The molecule has 0 aromatic heterocycles. The minimum absolute atomic E-state index is 0. The maximum Gasteiger partial charge on any atom is 0.410 e. The summed E-state index contributed by atoms with van der Waals surface area (Å²) in [6.45, 7) is 6.96. The Morgan fingerprint density at radius 1 is 1.18 bits per heavy atom. The summed E-state index contributed by atoms with van der Waals surface area (Å²) >= 11 is 0. The fourth-order valence-electron chi connectivity index (χ4n) is 1.79. The Balaban J connectivity index is 0.00000144. The van der Waals surface area contributed by atoms with Crippen molar-refractivity contribution in [3.63, 3.8) is 0 Å². The molecule has 0 bridgehead atoms. The van der Waals surface area contributed by atoms with Crippen molar-refractivity contribution in [2.45, 2.75) is 39.5 Å². The SMILES string of the molecule is CC(C)(C)OC(=O)N1Cc2ccccc2C1.O. The third-order valence-corrected chi connectivity index (χ3v) is 2.49. The lowest BCUT2D eigenvalue weighted by molar-refractivity contribution is 0.0242. The second kappa shape index (κ2) is 4.75. The smallest absolute Gasteiger partial charge is 0.410 e. The van der Waals surface area contributed by atoms with E-state index in [4.69, 9.17) is 4.74 Å². The fourth-order valence-corrected chi connectivity index (χ4v) is 1.79. The van der Waals surface area contributed by atoms with Crippen molar-refractivity contribution in [1.82, 2.24) is 4.90 Å². The van der Waals surface area contributed by atoms with E-state index in [-0.39, 0.29) is 11.6 Å². The van der Waals surface area contributed by atoms with Crippen LogP contribution < -0.4 is 0 Å². The van der Waals surface area contributed by atoms with Gasteiger partial charge in [-0.15, -0.1) is 0 Å². The minimum atomic E-state index is -0.425. The first-order valence-corrected chi connectivity index (χ1v) is 5.50. The number of benzene rings is 1. The highest BCUT2D eigenvalue weighted by Crippen LogP contribution is 2.23. The Kier molecular flexibility index (Phi) is 3.78. The van der Waals surface area contributed by atoms with Crippen LogP contribution in [0.3, 0.4) is 0 Å². The zero-order valence-corrected chi connectivity index (χ0v) is 10.5. The molecule has 94 valence electrons. The van der Waals surface area contributed by atoms with Crippen LogP contribution in [0.5, 0.6) is 0 Å². The van der Waals surface area contributed by atoms with Crippen molar-refractivity contribution in [2.75, 3.05) is 0 Å². The zero-order valence-electron chi connectivity index (χ0n) is 10.5. The van der Waals surface area contributed by atoms with Crippen LogP contribution >= 0.6 is 0 Å². The van der Waals surface area contributed by atoms with Crippen molar-refractivity contribution < 1.29 is 15.0 Å². The fraction of sp³-hybridized carbons (Fsp3) is 0.462. The van der Waals surface area contributed by atoms with Crippen LogP contribution in [0.1, 0.15) is 31.9 Å². The Morgan fingerprint density at radius 3 is 2.06 bits per heavy atom. The number of nitrogens with zero attached hydrogens (tertiary/aromatic N) is 1. The largest absolute Gasteiger partial charge is 0.444 e. The topological polar surface area (TPSA) is 61.0 Å². The molecule has 0 atom stereocenters. The number of rotatable bonds is 0. The maximum absolute atomic E-state index is 11.8. The molecular weight excluding hydrogens is 218 g/mol. The molecule has 1 amide bonds. The number of carbonyl (C=O) groups excluding carboxylic acids is 1. The first-order chi connectivity index (χ1) is 7.46. The predicted octanol–water partition coefficient (Wildman–Crippen LogP) is 2.11. The van der Waals surface area contributed by atoms with Gasteiger partial charge in [-0.3, -0.25) is 4.90 Å². The molecule has 17 heavy (non-hydrogen) atoms. The van der Waals surface area contributed by atoms with E-state index in [0.717, 1.165) is 0 Å². The highest BCUT2D eigenvalue weighted by atomic mass is 16.6. The van der Waals surface area contributed by atoms with Gasteiger partial charge in [-0.2, -0.15) is 0 Å². The molecule has 1 heterocycles. The molecule has 0 unspecified atom stereocenters. The van der Waals surface area contributed by atoms with E-state index in [1.54, 1.807) is 4.90 Å². The van der Waals surface area contributed by atoms with Crippen LogP contribution in [0.4, 0.5) is 4.79 Å². The number of hydrogen-bond donors (Lipinski definition) is 0. The van der Waals surface area contributed by atoms with Crippen LogP contribution in [-0.4, -0.2) is 22.1 Å². The first-order valence-electron chi connectivity index (χ1n) is 5.50.